The number of hydrogen-bond acceptors (Lipinski definition) is 5. The predicted molar refractivity (Wildman–Crippen MR) is 130 cm³/mol. The molecule has 9 nitrogen and oxygen atoms in total. The summed E-state index contributed by atoms with van der Waals surface area (Å²) in [5, 5.41) is 18.6. The number of hydrazone groups is 1. The van der Waals surface area contributed by atoms with Crippen LogP contribution >= 0.6 is 0 Å². The van der Waals surface area contributed by atoms with E-state index in [9.17, 15) is 24.1 Å². The second kappa shape index (κ2) is 10.4. The van der Waals surface area contributed by atoms with Crippen molar-refractivity contribution in [1.82, 2.24) is 9.99 Å². The molecule has 0 unspecified atom stereocenters. The summed E-state index contributed by atoms with van der Waals surface area (Å²) in [7, 11) is 0. The number of amides is 2. The minimum absolute atomic E-state index is 0.00969. The van der Waals surface area contributed by atoms with Crippen LogP contribution in [0.15, 0.2) is 84.1 Å². The maximum atomic E-state index is 13.1. The van der Waals surface area contributed by atoms with Gasteiger partial charge in [-0.25, -0.2) is 9.82 Å². The van der Waals surface area contributed by atoms with Crippen molar-refractivity contribution < 1.29 is 18.9 Å². The molecule has 0 atom stereocenters. The van der Waals surface area contributed by atoms with Crippen molar-refractivity contribution in [2.75, 3.05) is 5.32 Å². The Labute approximate surface area is 199 Å². The molecule has 2 amide bonds. The van der Waals surface area contributed by atoms with Gasteiger partial charge in [0.2, 0.25) is 11.8 Å². The highest BCUT2D eigenvalue weighted by atomic mass is 19.1. The van der Waals surface area contributed by atoms with E-state index in [0.29, 0.717) is 11.3 Å². The fraction of sp³-hybridized carbons (Fsp3) is 0.0800. The van der Waals surface area contributed by atoms with E-state index in [1.54, 1.807) is 16.8 Å². The number of carbonyl (C=O) groups excluding carboxylic acids is 2. The highest BCUT2D eigenvalue weighted by Gasteiger charge is 2.15. The molecule has 0 spiro atoms. The van der Waals surface area contributed by atoms with Crippen molar-refractivity contribution in [3.8, 4) is 0 Å². The smallest absolute Gasteiger partial charge is 0.273 e. The van der Waals surface area contributed by atoms with Crippen LogP contribution in [0.2, 0.25) is 0 Å². The van der Waals surface area contributed by atoms with E-state index >= 15 is 0 Å². The highest BCUT2D eigenvalue weighted by Crippen LogP contribution is 2.21. The predicted octanol–water partition coefficient (Wildman–Crippen LogP) is 4.02. The quantitative estimate of drug-likeness (QED) is 0.228. The van der Waals surface area contributed by atoms with Gasteiger partial charge >= 0.3 is 0 Å². The number of halogens is 1. The topological polar surface area (TPSA) is 119 Å². The number of anilines is 1. The summed E-state index contributed by atoms with van der Waals surface area (Å²) in [6, 6.07) is 18.9. The molecule has 0 aliphatic carbocycles. The number of aromatic nitrogens is 1. The zero-order valence-corrected chi connectivity index (χ0v) is 18.3. The van der Waals surface area contributed by atoms with Crippen molar-refractivity contribution in [2.24, 2.45) is 5.10 Å². The second-order valence-electron chi connectivity index (χ2n) is 7.64. The van der Waals surface area contributed by atoms with Gasteiger partial charge in [-0.2, -0.15) is 5.10 Å². The molecule has 3 aromatic carbocycles. The van der Waals surface area contributed by atoms with Crippen LogP contribution in [0.4, 0.5) is 15.8 Å². The van der Waals surface area contributed by atoms with E-state index in [0.717, 1.165) is 10.9 Å². The summed E-state index contributed by atoms with van der Waals surface area (Å²) in [6.45, 7) is 0.00969. The van der Waals surface area contributed by atoms with E-state index in [2.05, 4.69) is 15.8 Å². The number of nitrogens with one attached hydrogen (secondary N) is 2. The van der Waals surface area contributed by atoms with Crippen molar-refractivity contribution in [3.63, 3.8) is 0 Å². The van der Waals surface area contributed by atoms with Crippen LogP contribution in [0.3, 0.4) is 0 Å². The molecule has 0 aliphatic heterocycles. The van der Waals surface area contributed by atoms with Crippen molar-refractivity contribution in [2.45, 2.75) is 13.0 Å². The molecule has 0 saturated carbocycles. The van der Waals surface area contributed by atoms with E-state index in [1.165, 1.54) is 48.7 Å². The van der Waals surface area contributed by atoms with Gasteiger partial charge in [-0.15, -0.1) is 0 Å². The summed E-state index contributed by atoms with van der Waals surface area (Å²) < 4.78 is 14.8. The Morgan fingerprint density at radius 3 is 2.49 bits per heavy atom. The molecule has 1 aromatic heterocycles. The van der Waals surface area contributed by atoms with E-state index < -0.39 is 16.6 Å². The van der Waals surface area contributed by atoms with Crippen molar-refractivity contribution in [3.05, 3.63) is 106 Å². The molecule has 0 fully saturated rings. The van der Waals surface area contributed by atoms with Gasteiger partial charge in [-0.3, -0.25) is 19.7 Å². The summed E-state index contributed by atoms with van der Waals surface area (Å²) >= 11 is 0. The van der Waals surface area contributed by atoms with Gasteiger partial charge < -0.3 is 9.88 Å². The van der Waals surface area contributed by atoms with E-state index in [-0.39, 0.29) is 30.1 Å². The van der Waals surface area contributed by atoms with E-state index in [1.807, 2.05) is 24.3 Å². The zero-order chi connectivity index (χ0) is 24.8. The van der Waals surface area contributed by atoms with Crippen LogP contribution in [-0.4, -0.2) is 27.5 Å². The monoisotopic (exact) mass is 473 g/mol. The molecule has 1 heterocycles. The van der Waals surface area contributed by atoms with Gasteiger partial charge in [0, 0.05) is 40.0 Å². The SMILES string of the molecule is O=C(Cc1ccccc1[N+](=O)[O-])NN=Cc1cn(CC(=O)Nc2ccc(F)cc2)c2ccccc12. The first-order valence-corrected chi connectivity index (χ1v) is 10.6. The summed E-state index contributed by atoms with van der Waals surface area (Å²) in [4.78, 5) is 35.4. The van der Waals surface area contributed by atoms with Gasteiger partial charge in [0.25, 0.3) is 5.69 Å². The van der Waals surface area contributed by atoms with Gasteiger partial charge in [0.05, 0.1) is 17.6 Å². The molecule has 2 N–H and O–H groups in total. The Bertz CT molecular complexity index is 1430. The van der Waals surface area contributed by atoms with Gasteiger partial charge in [-0.1, -0.05) is 36.4 Å². The molecule has 0 bridgehead atoms. The van der Waals surface area contributed by atoms with Gasteiger partial charge in [0.1, 0.15) is 12.4 Å². The molecular formula is C25H20FN5O4. The fourth-order valence-electron chi connectivity index (χ4n) is 3.62. The fourth-order valence-corrected chi connectivity index (χ4v) is 3.62. The number of hydrogen-bond donors (Lipinski definition) is 2. The first-order valence-electron chi connectivity index (χ1n) is 10.6. The van der Waals surface area contributed by atoms with Crippen LogP contribution in [0, 0.1) is 15.9 Å². The van der Waals surface area contributed by atoms with Crippen LogP contribution in [0.1, 0.15) is 11.1 Å². The molecule has 0 radical (unpaired) electrons. The van der Waals surface area contributed by atoms with Crippen molar-refractivity contribution >= 4 is 40.3 Å². The minimum atomic E-state index is -0.535. The number of nitro benzene ring substituents is 1. The summed E-state index contributed by atoms with van der Waals surface area (Å²) in [5.41, 5.74) is 4.48. The average Bonchev–Trinajstić information content (AvgIpc) is 3.18. The maximum absolute atomic E-state index is 13.1. The number of rotatable bonds is 8. The largest absolute Gasteiger partial charge is 0.337 e. The molecule has 176 valence electrons. The van der Waals surface area contributed by atoms with Gasteiger partial charge in [0.15, 0.2) is 0 Å². The first kappa shape index (κ1) is 23.3. The van der Waals surface area contributed by atoms with Crippen LogP contribution < -0.4 is 10.7 Å². The molecule has 10 heteroatoms. The second-order valence-corrected chi connectivity index (χ2v) is 7.64. The van der Waals surface area contributed by atoms with Crippen LogP contribution in [0.25, 0.3) is 10.9 Å². The molecule has 0 saturated heterocycles. The standard InChI is InChI=1S/C25H20FN5O4/c26-19-9-11-20(12-10-19)28-25(33)16-30-15-18(21-6-2-4-8-23(21)30)14-27-29-24(32)13-17-5-1-3-7-22(17)31(34)35/h1-12,14-15H,13,16H2,(H,28,33)(H,29,32). The third-order valence-corrected chi connectivity index (χ3v) is 5.19. The first-order chi connectivity index (χ1) is 16.9. The lowest BCUT2D eigenvalue weighted by molar-refractivity contribution is -0.385. The number of para-hydroxylation sites is 2. The number of carbonyl (C=O) groups is 2. The third-order valence-electron chi connectivity index (χ3n) is 5.19. The Balaban J connectivity index is 1.45. The van der Waals surface area contributed by atoms with Gasteiger partial charge in [-0.05, 0) is 30.3 Å². The zero-order valence-electron chi connectivity index (χ0n) is 18.3. The third kappa shape index (κ3) is 5.74. The maximum Gasteiger partial charge on any atom is 0.273 e. The Morgan fingerprint density at radius 2 is 1.71 bits per heavy atom. The molecule has 0 aliphatic rings. The number of fused-ring (bicyclic) bond motifs is 1. The summed E-state index contributed by atoms with van der Waals surface area (Å²) in [6.07, 6.45) is 2.99. The Hall–Kier alpha value is -4.86. The van der Waals surface area contributed by atoms with Crippen LogP contribution in [0.5, 0.6) is 0 Å². The lowest BCUT2D eigenvalue weighted by Crippen LogP contribution is -2.20. The average molecular weight is 473 g/mol. The lowest BCUT2D eigenvalue weighted by atomic mass is 10.1. The number of nitro groups is 1. The molecular weight excluding hydrogens is 453 g/mol. The number of nitrogens with zero attached hydrogens (tertiary/aromatic N) is 3. The molecule has 4 aromatic rings. The van der Waals surface area contributed by atoms with Crippen molar-refractivity contribution in [1.29, 1.82) is 0 Å². The number of benzene rings is 3. The van der Waals surface area contributed by atoms with Crippen LogP contribution in [-0.2, 0) is 22.6 Å². The Morgan fingerprint density at radius 1 is 1.00 bits per heavy atom. The molecule has 4 rings (SSSR count). The summed E-state index contributed by atoms with van der Waals surface area (Å²) in [5.74, 6) is -1.19. The lowest BCUT2D eigenvalue weighted by Gasteiger charge is -2.07. The molecule has 35 heavy (non-hydrogen) atoms. The highest BCUT2D eigenvalue weighted by molar-refractivity contribution is 6.00. The van der Waals surface area contributed by atoms with E-state index in [4.69, 9.17) is 0 Å². The Kier molecular flexibility index (Phi) is 6.91. The normalized spacial score (nSPS) is 11.0. The minimum Gasteiger partial charge on any atom is -0.337 e.